The van der Waals surface area contributed by atoms with Gasteiger partial charge in [0.15, 0.2) is 0 Å². The standard InChI is InChI=1S/C32H44ClN3O4/c1-4-22-9-5-10-23(19-22)29-27(12-6-13-28(29)33)32(39,16-8-17-35-31(38)40-3)25-11-7-18-36(21-25)30(37)24-14-15-26(20-24)34-2/h5-6,9-10,12-13,19,24-26,34,39H,4,7-8,11,14-18,20-21H2,1-3H3,(H,35,38)/t24-,25-,26+,32+/m1/s1. The van der Waals surface area contributed by atoms with Gasteiger partial charge in [0.2, 0.25) is 5.91 Å². The molecule has 1 aliphatic carbocycles. The lowest BCUT2D eigenvalue weighted by molar-refractivity contribution is -0.140. The molecule has 1 heterocycles. The minimum atomic E-state index is -1.25. The Labute approximate surface area is 243 Å². The number of rotatable bonds is 10. The number of aryl methyl sites for hydroxylation is 1. The fourth-order valence-electron chi connectivity index (χ4n) is 6.60. The van der Waals surface area contributed by atoms with E-state index in [1.54, 1.807) is 0 Å². The summed E-state index contributed by atoms with van der Waals surface area (Å²) in [6.45, 7) is 3.71. The molecule has 2 aliphatic rings. The molecule has 2 amide bonds. The fourth-order valence-corrected chi connectivity index (χ4v) is 6.88. The van der Waals surface area contributed by atoms with Crippen molar-refractivity contribution in [1.29, 1.82) is 0 Å². The van der Waals surface area contributed by atoms with Crippen LogP contribution in [-0.2, 0) is 21.6 Å². The number of amides is 2. The van der Waals surface area contributed by atoms with Crippen molar-refractivity contribution >= 4 is 23.6 Å². The van der Waals surface area contributed by atoms with Crippen LogP contribution >= 0.6 is 11.6 Å². The average molecular weight is 570 g/mol. The Bertz CT molecular complexity index is 1170. The molecule has 40 heavy (non-hydrogen) atoms. The summed E-state index contributed by atoms with van der Waals surface area (Å²) in [7, 11) is 3.30. The predicted molar refractivity (Wildman–Crippen MR) is 159 cm³/mol. The van der Waals surface area contributed by atoms with Crippen molar-refractivity contribution in [2.75, 3.05) is 33.8 Å². The van der Waals surface area contributed by atoms with E-state index in [-0.39, 0.29) is 17.7 Å². The Morgan fingerprint density at radius 3 is 2.70 bits per heavy atom. The van der Waals surface area contributed by atoms with Crippen molar-refractivity contribution in [3.63, 3.8) is 0 Å². The summed E-state index contributed by atoms with van der Waals surface area (Å²) in [5.74, 6) is 0.0718. The predicted octanol–water partition coefficient (Wildman–Crippen LogP) is 5.52. The first-order valence-corrected chi connectivity index (χ1v) is 15.1. The highest BCUT2D eigenvalue weighted by Crippen LogP contribution is 2.46. The highest BCUT2D eigenvalue weighted by molar-refractivity contribution is 6.33. The molecule has 4 rings (SSSR count). The molecule has 0 spiro atoms. The molecule has 0 radical (unpaired) electrons. The number of ether oxygens (including phenoxy) is 1. The van der Waals surface area contributed by atoms with E-state index in [9.17, 15) is 14.7 Å². The maximum Gasteiger partial charge on any atom is 0.406 e. The second-order valence-corrected chi connectivity index (χ2v) is 11.7. The van der Waals surface area contributed by atoms with Crippen LogP contribution in [0.25, 0.3) is 11.1 Å². The van der Waals surface area contributed by atoms with Gasteiger partial charge in [-0.2, -0.15) is 0 Å². The van der Waals surface area contributed by atoms with Crippen LogP contribution in [0.1, 0.15) is 63.0 Å². The molecular weight excluding hydrogens is 526 g/mol. The zero-order valence-electron chi connectivity index (χ0n) is 24.0. The van der Waals surface area contributed by atoms with Crippen molar-refractivity contribution in [2.45, 2.75) is 69.9 Å². The third-order valence-corrected chi connectivity index (χ3v) is 9.21. The van der Waals surface area contributed by atoms with Gasteiger partial charge in [-0.15, -0.1) is 0 Å². The third-order valence-electron chi connectivity index (χ3n) is 8.89. The number of piperidine rings is 1. The highest BCUT2D eigenvalue weighted by Gasteiger charge is 2.44. The van der Waals surface area contributed by atoms with Gasteiger partial charge in [0.1, 0.15) is 0 Å². The molecule has 218 valence electrons. The Morgan fingerprint density at radius 2 is 1.98 bits per heavy atom. The van der Waals surface area contributed by atoms with Gasteiger partial charge >= 0.3 is 6.09 Å². The number of aliphatic hydroxyl groups is 1. The largest absolute Gasteiger partial charge is 0.453 e. The van der Waals surface area contributed by atoms with E-state index in [2.05, 4.69) is 29.7 Å². The molecule has 1 aliphatic heterocycles. The molecule has 1 saturated carbocycles. The first-order chi connectivity index (χ1) is 19.3. The monoisotopic (exact) mass is 569 g/mol. The molecule has 0 unspecified atom stereocenters. The topological polar surface area (TPSA) is 90.9 Å². The Kier molecular flexibility index (Phi) is 10.5. The molecule has 2 aromatic rings. The first-order valence-electron chi connectivity index (χ1n) is 14.7. The second kappa shape index (κ2) is 13.8. The van der Waals surface area contributed by atoms with Gasteiger partial charge in [-0.05, 0) is 81.2 Å². The van der Waals surface area contributed by atoms with Crippen LogP contribution in [0, 0.1) is 11.8 Å². The van der Waals surface area contributed by atoms with Gasteiger partial charge in [0.05, 0.1) is 12.7 Å². The molecule has 8 heteroatoms. The van der Waals surface area contributed by atoms with Crippen molar-refractivity contribution in [2.24, 2.45) is 11.8 Å². The number of likely N-dealkylation sites (tertiary alicyclic amines) is 1. The minimum Gasteiger partial charge on any atom is -0.453 e. The summed E-state index contributed by atoms with van der Waals surface area (Å²) >= 11 is 6.86. The SMILES string of the molecule is CCc1cccc(-c2c(Cl)cccc2[C@](O)(CCCNC(=O)OC)[C@@H]2CCCN(C(=O)[C@@H]3CC[C@H](NC)C3)C2)c1. The fraction of sp³-hybridized carbons (Fsp3) is 0.562. The number of methoxy groups -OCH3 is 1. The summed E-state index contributed by atoms with van der Waals surface area (Å²) < 4.78 is 4.72. The number of halogens is 1. The summed E-state index contributed by atoms with van der Waals surface area (Å²) in [6, 6.07) is 14.4. The molecule has 0 aromatic heterocycles. The van der Waals surface area contributed by atoms with Crippen LogP contribution in [0.4, 0.5) is 4.79 Å². The molecule has 7 nitrogen and oxygen atoms in total. The Morgan fingerprint density at radius 1 is 1.18 bits per heavy atom. The van der Waals surface area contributed by atoms with E-state index in [0.29, 0.717) is 37.0 Å². The number of hydrogen-bond donors (Lipinski definition) is 3. The van der Waals surface area contributed by atoms with Crippen LogP contribution in [0.15, 0.2) is 42.5 Å². The van der Waals surface area contributed by atoms with Gasteiger partial charge in [0, 0.05) is 48.1 Å². The van der Waals surface area contributed by atoms with Crippen molar-refractivity contribution in [3.05, 3.63) is 58.6 Å². The lowest BCUT2D eigenvalue weighted by Crippen LogP contribution is -2.49. The molecule has 1 saturated heterocycles. The number of hydrogen-bond acceptors (Lipinski definition) is 5. The maximum absolute atomic E-state index is 13.6. The third kappa shape index (κ3) is 6.81. The summed E-state index contributed by atoms with van der Waals surface area (Å²) in [4.78, 5) is 27.2. The quantitative estimate of drug-likeness (QED) is 0.328. The highest BCUT2D eigenvalue weighted by atomic mass is 35.5. The van der Waals surface area contributed by atoms with Gasteiger partial charge in [-0.3, -0.25) is 4.79 Å². The zero-order valence-corrected chi connectivity index (χ0v) is 24.8. The van der Waals surface area contributed by atoms with Crippen LogP contribution < -0.4 is 10.6 Å². The number of nitrogens with one attached hydrogen (secondary N) is 2. The van der Waals surface area contributed by atoms with E-state index in [1.807, 2.05) is 42.3 Å². The van der Waals surface area contributed by atoms with Gasteiger partial charge in [-0.25, -0.2) is 4.79 Å². The number of nitrogens with zero attached hydrogens (tertiary/aromatic N) is 1. The number of benzene rings is 2. The lowest BCUT2D eigenvalue weighted by Gasteiger charge is -2.44. The van der Waals surface area contributed by atoms with Crippen LogP contribution in [0.2, 0.25) is 5.02 Å². The summed E-state index contributed by atoms with van der Waals surface area (Å²) in [5, 5.41) is 19.4. The zero-order chi connectivity index (χ0) is 28.7. The van der Waals surface area contributed by atoms with E-state index in [1.165, 1.54) is 12.7 Å². The average Bonchev–Trinajstić information content (AvgIpc) is 3.48. The molecule has 3 N–H and O–H groups in total. The van der Waals surface area contributed by atoms with Gasteiger partial charge < -0.3 is 25.4 Å². The van der Waals surface area contributed by atoms with Crippen molar-refractivity contribution in [3.8, 4) is 11.1 Å². The van der Waals surface area contributed by atoms with Crippen LogP contribution in [0.5, 0.6) is 0 Å². The second-order valence-electron chi connectivity index (χ2n) is 11.3. The van der Waals surface area contributed by atoms with Crippen molar-refractivity contribution < 1.29 is 19.4 Å². The van der Waals surface area contributed by atoms with E-state index >= 15 is 0 Å². The van der Waals surface area contributed by atoms with E-state index in [0.717, 1.165) is 61.8 Å². The molecule has 0 bridgehead atoms. The Balaban J connectivity index is 1.67. The van der Waals surface area contributed by atoms with Crippen molar-refractivity contribution in [1.82, 2.24) is 15.5 Å². The maximum atomic E-state index is 13.6. The van der Waals surface area contributed by atoms with E-state index < -0.39 is 11.7 Å². The smallest absolute Gasteiger partial charge is 0.406 e. The van der Waals surface area contributed by atoms with Gasteiger partial charge in [0.25, 0.3) is 0 Å². The summed E-state index contributed by atoms with van der Waals surface area (Å²) in [6.07, 6.45) is 5.79. The normalized spacial score (nSPS) is 22.5. The van der Waals surface area contributed by atoms with Crippen LogP contribution in [0.3, 0.4) is 0 Å². The molecule has 4 atom stereocenters. The number of carbonyl (C=O) groups excluding carboxylic acids is 2. The first kappa shape index (κ1) is 30.4. The van der Waals surface area contributed by atoms with Gasteiger partial charge in [-0.1, -0.05) is 54.9 Å². The number of carbonyl (C=O) groups is 2. The molecule has 2 aromatic carbocycles. The van der Waals surface area contributed by atoms with Crippen LogP contribution in [-0.4, -0.2) is 61.8 Å². The lowest BCUT2D eigenvalue weighted by atomic mass is 9.72. The molecular formula is C32H44ClN3O4. The summed E-state index contributed by atoms with van der Waals surface area (Å²) in [5.41, 5.74) is 2.53. The Hall–Kier alpha value is -2.61. The number of alkyl carbamates (subject to hydrolysis) is 1. The van der Waals surface area contributed by atoms with E-state index in [4.69, 9.17) is 16.3 Å². The molecule has 2 fully saturated rings. The minimum absolute atomic E-state index is 0.0343.